The lowest BCUT2D eigenvalue weighted by Crippen LogP contribution is -2.57. The van der Waals surface area contributed by atoms with Crippen molar-refractivity contribution in [2.45, 2.75) is 37.9 Å². The molecule has 2 unspecified atom stereocenters. The number of fused-ring (bicyclic) bond motifs is 3. The van der Waals surface area contributed by atoms with Gasteiger partial charge in [0.25, 0.3) is 0 Å². The summed E-state index contributed by atoms with van der Waals surface area (Å²) in [6.45, 7) is 3.61. The molecule has 2 bridgehead atoms. The minimum Gasteiger partial charge on any atom is -0.490 e. The maximum absolute atomic E-state index is 13.3. The van der Waals surface area contributed by atoms with Gasteiger partial charge in [-0.15, -0.1) is 0 Å². The molecule has 152 valence electrons. The molecule has 0 N–H and O–H groups in total. The van der Waals surface area contributed by atoms with Gasteiger partial charge in [0.15, 0.2) is 17.3 Å². The van der Waals surface area contributed by atoms with Crippen LogP contribution in [0.1, 0.15) is 35.2 Å². The van der Waals surface area contributed by atoms with Crippen molar-refractivity contribution in [3.63, 3.8) is 0 Å². The molecule has 0 aromatic heterocycles. The SMILES string of the molecule is O=C(c1ccc2c(c1)OCCCO2)C1CC2COCC(C1)N2Cc1ccccc1. The molecule has 0 saturated carbocycles. The van der Waals surface area contributed by atoms with Crippen LogP contribution in [0.5, 0.6) is 11.5 Å². The summed E-state index contributed by atoms with van der Waals surface area (Å²) >= 11 is 0. The summed E-state index contributed by atoms with van der Waals surface area (Å²) in [5.74, 6) is 1.68. The number of hydrogen-bond donors (Lipinski definition) is 0. The molecule has 2 atom stereocenters. The smallest absolute Gasteiger partial charge is 0.166 e. The number of nitrogens with zero attached hydrogens (tertiary/aromatic N) is 1. The van der Waals surface area contributed by atoms with E-state index < -0.39 is 0 Å². The Labute approximate surface area is 171 Å². The second-order valence-corrected chi connectivity index (χ2v) is 8.25. The Kier molecular flexibility index (Phi) is 5.25. The molecule has 0 radical (unpaired) electrons. The predicted molar refractivity (Wildman–Crippen MR) is 109 cm³/mol. The van der Waals surface area contributed by atoms with Crippen LogP contribution in [0.2, 0.25) is 0 Å². The topological polar surface area (TPSA) is 48.0 Å². The number of morpholine rings is 1. The minimum atomic E-state index is 0.0330. The average Bonchev–Trinajstić information content (AvgIpc) is 2.98. The third-order valence-corrected chi connectivity index (χ3v) is 6.28. The molecule has 29 heavy (non-hydrogen) atoms. The molecular formula is C24H27NO4. The van der Waals surface area contributed by atoms with Crippen LogP contribution in [0.25, 0.3) is 0 Å². The molecule has 0 spiro atoms. The van der Waals surface area contributed by atoms with Crippen molar-refractivity contribution in [2.75, 3.05) is 26.4 Å². The summed E-state index contributed by atoms with van der Waals surface area (Å²) < 4.78 is 17.3. The van der Waals surface area contributed by atoms with Gasteiger partial charge < -0.3 is 14.2 Å². The lowest BCUT2D eigenvalue weighted by molar-refractivity contribution is -0.0872. The zero-order valence-electron chi connectivity index (χ0n) is 16.6. The molecular weight excluding hydrogens is 366 g/mol. The summed E-state index contributed by atoms with van der Waals surface area (Å²) in [6.07, 6.45) is 2.55. The second kappa shape index (κ2) is 8.17. The normalized spacial score (nSPS) is 26.6. The first-order valence-electron chi connectivity index (χ1n) is 10.6. The van der Waals surface area contributed by atoms with Crippen molar-refractivity contribution < 1.29 is 19.0 Å². The van der Waals surface area contributed by atoms with Gasteiger partial charge in [-0.05, 0) is 36.6 Å². The fraction of sp³-hybridized carbons (Fsp3) is 0.458. The molecule has 0 aliphatic carbocycles. The first kappa shape index (κ1) is 18.6. The number of ether oxygens (including phenoxy) is 3. The largest absolute Gasteiger partial charge is 0.490 e. The van der Waals surface area contributed by atoms with Gasteiger partial charge in [0.1, 0.15) is 0 Å². The standard InChI is InChI=1S/C24H27NO4/c26-24(18-7-8-22-23(13-18)29-10-4-9-28-22)19-11-20-15-27-16-21(12-19)25(20)14-17-5-2-1-3-6-17/h1-3,5-8,13,19-21H,4,9-12,14-16H2. The summed E-state index contributed by atoms with van der Waals surface area (Å²) in [5, 5.41) is 0. The number of carbonyl (C=O) groups excluding carboxylic acids is 1. The fourth-order valence-corrected chi connectivity index (χ4v) is 4.81. The van der Waals surface area contributed by atoms with Gasteiger partial charge in [-0.25, -0.2) is 0 Å². The highest BCUT2D eigenvalue weighted by Crippen LogP contribution is 2.36. The molecule has 3 aliphatic heterocycles. The van der Waals surface area contributed by atoms with Gasteiger partial charge in [0.2, 0.25) is 0 Å². The number of Topliss-reactive ketones (excluding diaryl/α,β-unsaturated/α-hetero) is 1. The van der Waals surface area contributed by atoms with Crippen LogP contribution < -0.4 is 9.47 Å². The Morgan fingerprint density at radius 2 is 1.66 bits per heavy atom. The van der Waals surface area contributed by atoms with E-state index in [1.165, 1.54) is 5.56 Å². The Morgan fingerprint density at radius 3 is 2.41 bits per heavy atom. The zero-order chi connectivity index (χ0) is 19.6. The first-order chi connectivity index (χ1) is 14.3. The third kappa shape index (κ3) is 3.89. The van der Waals surface area contributed by atoms with E-state index in [1.807, 2.05) is 24.3 Å². The van der Waals surface area contributed by atoms with Crippen molar-refractivity contribution in [3.05, 3.63) is 59.7 Å². The lowest BCUT2D eigenvalue weighted by Gasteiger charge is -2.48. The van der Waals surface area contributed by atoms with Crippen LogP contribution in [0.3, 0.4) is 0 Å². The van der Waals surface area contributed by atoms with Crippen LogP contribution in [-0.4, -0.2) is 49.2 Å². The van der Waals surface area contributed by atoms with Crippen LogP contribution in [-0.2, 0) is 11.3 Å². The van der Waals surface area contributed by atoms with Crippen molar-refractivity contribution in [3.8, 4) is 11.5 Å². The molecule has 2 aromatic rings. The first-order valence-corrected chi connectivity index (χ1v) is 10.6. The zero-order valence-corrected chi connectivity index (χ0v) is 16.6. The van der Waals surface area contributed by atoms with Gasteiger partial charge in [-0.3, -0.25) is 9.69 Å². The molecule has 2 aromatic carbocycles. The lowest BCUT2D eigenvalue weighted by atomic mass is 9.80. The monoisotopic (exact) mass is 393 g/mol. The Balaban J connectivity index is 1.32. The quantitative estimate of drug-likeness (QED) is 0.741. The molecule has 3 heterocycles. The molecule has 5 heteroatoms. The van der Waals surface area contributed by atoms with E-state index in [2.05, 4.69) is 29.2 Å². The molecule has 0 amide bonds. The predicted octanol–water partition coefficient (Wildman–Crippen LogP) is 3.71. The summed E-state index contributed by atoms with van der Waals surface area (Å²) in [4.78, 5) is 15.9. The Bertz CT molecular complexity index is 854. The van der Waals surface area contributed by atoms with E-state index in [9.17, 15) is 4.79 Å². The number of piperidine rings is 1. The molecule has 2 saturated heterocycles. The number of ketones is 1. The number of benzene rings is 2. The van der Waals surface area contributed by atoms with Gasteiger partial charge in [-0.1, -0.05) is 30.3 Å². The molecule has 5 rings (SSSR count). The number of rotatable bonds is 4. The summed E-state index contributed by atoms with van der Waals surface area (Å²) in [6, 6.07) is 16.8. The van der Waals surface area contributed by atoms with Gasteiger partial charge >= 0.3 is 0 Å². The maximum atomic E-state index is 13.3. The van der Waals surface area contributed by atoms with Gasteiger partial charge in [0.05, 0.1) is 26.4 Å². The highest BCUT2D eigenvalue weighted by Gasteiger charge is 2.41. The summed E-state index contributed by atoms with van der Waals surface area (Å²) in [7, 11) is 0. The van der Waals surface area contributed by atoms with E-state index in [1.54, 1.807) is 0 Å². The van der Waals surface area contributed by atoms with Crippen LogP contribution in [0.15, 0.2) is 48.5 Å². The maximum Gasteiger partial charge on any atom is 0.166 e. The number of hydrogen-bond acceptors (Lipinski definition) is 5. The van der Waals surface area contributed by atoms with Crippen molar-refractivity contribution in [1.29, 1.82) is 0 Å². The minimum absolute atomic E-state index is 0.0330. The van der Waals surface area contributed by atoms with E-state index in [-0.39, 0.29) is 23.8 Å². The van der Waals surface area contributed by atoms with E-state index in [4.69, 9.17) is 14.2 Å². The van der Waals surface area contributed by atoms with E-state index in [0.29, 0.717) is 32.2 Å². The van der Waals surface area contributed by atoms with Gasteiger partial charge in [0, 0.05) is 36.5 Å². The molecule has 2 fully saturated rings. The fourth-order valence-electron chi connectivity index (χ4n) is 4.81. The molecule has 3 aliphatic rings. The highest BCUT2D eigenvalue weighted by atomic mass is 16.5. The van der Waals surface area contributed by atoms with Crippen molar-refractivity contribution in [1.82, 2.24) is 4.90 Å². The highest BCUT2D eigenvalue weighted by molar-refractivity contribution is 5.98. The van der Waals surface area contributed by atoms with E-state index >= 15 is 0 Å². The van der Waals surface area contributed by atoms with Gasteiger partial charge in [-0.2, -0.15) is 0 Å². The van der Waals surface area contributed by atoms with Crippen LogP contribution in [0, 0.1) is 5.92 Å². The van der Waals surface area contributed by atoms with Crippen LogP contribution in [0.4, 0.5) is 0 Å². The number of carbonyl (C=O) groups is 1. The van der Waals surface area contributed by atoms with E-state index in [0.717, 1.165) is 37.1 Å². The van der Waals surface area contributed by atoms with Crippen molar-refractivity contribution >= 4 is 5.78 Å². The Hall–Kier alpha value is -2.37. The molecule has 5 nitrogen and oxygen atoms in total. The van der Waals surface area contributed by atoms with Crippen molar-refractivity contribution in [2.24, 2.45) is 5.92 Å². The van der Waals surface area contributed by atoms with Crippen LogP contribution >= 0.6 is 0 Å². The Morgan fingerprint density at radius 1 is 0.931 bits per heavy atom. The average molecular weight is 393 g/mol. The third-order valence-electron chi connectivity index (χ3n) is 6.28. The second-order valence-electron chi connectivity index (χ2n) is 8.25. The summed E-state index contributed by atoms with van der Waals surface area (Å²) in [5.41, 5.74) is 2.05.